The van der Waals surface area contributed by atoms with E-state index in [1.807, 2.05) is 0 Å². The molecule has 8 heteroatoms. The van der Waals surface area contributed by atoms with E-state index < -0.39 is 32.4 Å². The van der Waals surface area contributed by atoms with E-state index in [9.17, 15) is 21.6 Å². The fraction of sp³-hybridized carbons (Fsp3) is 0. The summed E-state index contributed by atoms with van der Waals surface area (Å²) < 4.78 is 65.3. The largest absolute Gasteiger partial charge is 0.280 e. The molecule has 3 nitrogen and oxygen atoms in total. The van der Waals surface area contributed by atoms with Crippen molar-refractivity contribution in [3.05, 3.63) is 58.3 Å². The van der Waals surface area contributed by atoms with Crippen LogP contribution in [-0.2, 0) is 10.0 Å². The highest BCUT2D eigenvalue weighted by molar-refractivity contribution is 9.10. The van der Waals surface area contributed by atoms with Gasteiger partial charge in [0.15, 0.2) is 0 Å². The van der Waals surface area contributed by atoms with E-state index in [1.54, 1.807) is 0 Å². The normalized spacial score (nSPS) is 11.4. The van der Waals surface area contributed by atoms with Crippen molar-refractivity contribution in [2.45, 2.75) is 4.90 Å². The Labute approximate surface area is 121 Å². The molecule has 0 radical (unpaired) electrons. The highest BCUT2D eigenvalue weighted by Crippen LogP contribution is 2.23. The molecule has 0 atom stereocenters. The molecule has 0 amide bonds. The smallest absolute Gasteiger partial charge is 0.264 e. The van der Waals surface area contributed by atoms with E-state index in [2.05, 4.69) is 20.7 Å². The van der Waals surface area contributed by atoms with Crippen molar-refractivity contribution in [2.24, 2.45) is 0 Å². The lowest BCUT2D eigenvalue weighted by Crippen LogP contribution is -2.14. The fourth-order valence-electron chi connectivity index (χ4n) is 1.46. The maximum atomic E-state index is 13.5. The number of nitrogens with one attached hydrogen (secondary N) is 1. The molecule has 2 aromatic carbocycles. The van der Waals surface area contributed by atoms with Crippen LogP contribution in [-0.4, -0.2) is 8.42 Å². The molecule has 0 bridgehead atoms. The summed E-state index contributed by atoms with van der Waals surface area (Å²) in [6, 6.07) is 5.52. The average molecular weight is 366 g/mol. The van der Waals surface area contributed by atoms with Crippen molar-refractivity contribution >= 4 is 31.6 Å². The van der Waals surface area contributed by atoms with Gasteiger partial charge in [-0.25, -0.2) is 21.6 Å². The van der Waals surface area contributed by atoms with Crippen LogP contribution >= 0.6 is 15.9 Å². The van der Waals surface area contributed by atoms with Gasteiger partial charge in [0.2, 0.25) is 0 Å². The minimum Gasteiger partial charge on any atom is -0.280 e. The quantitative estimate of drug-likeness (QED) is 0.901. The molecule has 0 fully saturated rings. The monoisotopic (exact) mass is 365 g/mol. The number of sulfonamides is 1. The summed E-state index contributed by atoms with van der Waals surface area (Å²) in [7, 11) is -4.23. The number of benzene rings is 2. The standard InChI is InChI=1S/C12H7BrF3NO2S/c13-9-6-8(2-3-10(9)15)17-20(18,19)12-4-1-7(14)5-11(12)16/h1-6,17H. The van der Waals surface area contributed by atoms with Gasteiger partial charge in [-0.3, -0.25) is 4.72 Å². The zero-order valence-corrected chi connectivity index (χ0v) is 12.1. The van der Waals surface area contributed by atoms with Crippen LogP contribution in [0.4, 0.5) is 18.9 Å². The summed E-state index contributed by atoms with van der Waals surface area (Å²) in [4.78, 5) is -0.695. The van der Waals surface area contributed by atoms with Crippen LogP contribution in [0.15, 0.2) is 45.8 Å². The van der Waals surface area contributed by atoms with Crippen molar-refractivity contribution < 1.29 is 21.6 Å². The number of halogens is 4. The Morgan fingerprint density at radius 3 is 2.25 bits per heavy atom. The summed E-state index contributed by atoms with van der Waals surface area (Å²) in [6.07, 6.45) is 0. The van der Waals surface area contributed by atoms with Crippen LogP contribution in [0.25, 0.3) is 0 Å². The molecule has 0 saturated carbocycles. The van der Waals surface area contributed by atoms with Gasteiger partial charge in [-0.1, -0.05) is 0 Å². The zero-order chi connectivity index (χ0) is 14.9. The second kappa shape index (κ2) is 5.45. The molecular formula is C12H7BrF3NO2S. The predicted molar refractivity (Wildman–Crippen MR) is 71.3 cm³/mol. The second-order valence-electron chi connectivity index (χ2n) is 3.81. The van der Waals surface area contributed by atoms with Gasteiger partial charge < -0.3 is 0 Å². The Balaban J connectivity index is 2.38. The first-order chi connectivity index (χ1) is 9.29. The van der Waals surface area contributed by atoms with E-state index in [0.717, 1.165) is 18.2 Å². The molecule has 0 spiro atoms. The van der Waals surface area contributed by atoms with Gasteiger partial charge in [0.05, 0.1) is 10.2 Å². The molecule has 0 saturated heterocycles. The molecule has 0 aliphatic heterocycles. The Hall–Kier alpha value is -1.54. The van der Waals surface area contributed by atoms with E-state index in [4.69, 9.17) is 0 Å². The zero-order valence-electron chi connectivity index (χ0n) is 9.70. The molecule has 2 aromatic rings. The Kier molecular flexibility index (Phi) is 4.05. The first-order valence-electron chi connectivity index (χ1n) is 5.22. The summed E-state index contributed by atoms with van der Waals surface area (Å²) >= 11 is 2.90. The Morgan fingerprint density at radius 1 is 0.950 bits per heavy atom. The topological polar surface area (TPSA) is 46.2 Å². The molecular weight excluding hydrogens is 359 g/mol. The van der Waals surface area contributed by atoms with Crippen molar-refractivity contribution in [2.75, 3.05) is 4.72 Å². The highest BCUT2D eigenvalue weighted by Gasteiger charge is 2.20. The third-order valence-corrected chi connectivity index (χ3v) is 4.38. The summed E-state index contributed by atoms with van der Waals surface area (Å²) in [5.41, 5.74) is 0.0435. The number of hydrogen-bond acceptors (Lipinski definition) is 2. The maximum absolute atomic E-state index is 13.5. The second-order valence-corrected chi connectivity index (χ2v) is 6.31. The lowest BCUT2D eigenvalue weighted by molar-refractivity contribution is 0.551. The van der Waals surface area contributed by atoms with Gasteiger partial charge in [-0.05, 0) is 46.3 Å². The van der Waals surface area contributed by atoms with E-state index in [-0.39, 0.29) is 10.2 Å². The molecule has 20 heavy (non-hydrogen) atoms. The average Bonchev–Trinajstić information content (AvgIpc) is 2.33. The molecule has 106 valence electrons. The van der Waals surface area contributed by atoms with Crippen molar-refractivity contribution in [1.29, 1.82) is 0 Å². The number of hydrogen-bond donors (Lipinski definition) is 1. The van der Waals surface area contributed by atoms with Crippen molar-refractivity contribution in [3.8, 4) is 0 Å². The lowest BCUT2D eigenvalue weighted by atomic mass is 10.3. The third-order valence-electron chi connectivity index (χ3n) is 2.36. The van der Waals surface area contributed by atoms with Crippen LogP contribution in [0.2, 0.25) is 0 Å². The molecule has 1 N–H and O–H groups in total. The van der Waals surface area contributed by atoms with Gasteiger partial charge in [0.1, 0.15) is 22.3 Å². The maximum Gasteiger partial charge on any atom is 0.264 e. The van der Waals surface area contributed by atoms with Gasteiger partial charge in [-0.15, -0.1) is 0 Å². The SMILES string of the molecule is O=S(=O)(Nc1ccc(F)c(Br)c1)c1ccc(F)cc1F. The molecule has 0 unspecified atom stereocenters. The predicted octanol–water partition coefficient (Wildman–Crippen LogP) is 3.67. The van der Waals surface area contributed by atoms with Crippen LogP contribution < -0.4 is 4.72 Å². The summed E-state index contributed by atoms with van der Waals surface area (Å²) in [5.74, 6) is -2.66. The van der Waals surface area contributed by atoms with Crippen LogP contribution in [0.3, 0.4) is 0 Å². The molecule has 0 heterocycles. The minimum absolute atomic E-state index is 0.0435. The first kappa shape index (κ1) is 14.9. The van der Waals surface area contributed by atoms with Gasteiger partial charge >= 0.3 is 0 Å². The molecule has 2 rings (SSSR count). The van der Waals surface area contributed by atoms with Gasteiger partial charge in [0.25, 0.3) is 10.0 Å². The Bertz CT molecular complexity index is 765. The summed E-state index contributed by atoms with van der Waals surface area (Å²) in [6.45, 7) is 0. The van der Waals surface area contributed by atoms with Crippen LogP contribution in [0.1, 0.15) is 0 Å². The van der Waals surface area contributed by atoms with E-state index in [1.165, 1.54) is 12.1 Å². The minimum atomic E-state index is -4.23. The molecule has 0 aromatic heterocycles. The van der Waals surface area contributed by atoms with Gasteiger partial charge in [-0.2, -0.15) is 0 Å². The van der Waals surface area contributed by atoms with Crippen molar-refractivity contribution in [3.63, 3.8) is 0 Å². The summed E-state index contributed by atoms with van der Waals surface area (Å²) in [5, 5.41) is 0. The molecule has 0 aliphatic carbocycles. The van der Waals surface area contributed by atoms with Crippen LogP contribution in [0.5, 0.6) is 0 Å². The van der Waals surface area contributed by atoms with Crippen LogP contribution in [0, 0.1) is 17.5 Å². The van der Waals surface area contributed by atoms with E-state index in [0.29, 0.717) is 6.07 Å². The lowest BCUT2D eigenvalue weighted by Gasteiger charge is -2.09. The molecule has 0 aliphatic rings. The first-order valence-corrected chi connectivity index (χ1v) is 7.50. The fourth-order valence-corrected chi connectivity index (χ4v) is 2.95. The number of anilines is 1. The highest BCUT2D eigenvalue weighted by atomic mass is 79.9. The third kappa shape index (κ3) is 3.13. The van der Waals surface area contributed by atoms with Crippen molar-refractivity contribution in [1.82, 2.24) is 0 Å². The Morgan fingerprint density at radius 2 is 1.65 bits per heavy atom. The van der Waals surface area contributed by atoms with Gasteiger partial charge in [0, 0.05) is 6.07 Å². The number of rotatable bonds is 3. The van der Waals surface area contributed by atoms with E-state index >= 15 is 0 Å².